The Hall–Kier alpha value is -0.880. The van der Waals surface area contributed by atoms with Crippen molar-refractivity contribution in [2.45, 2.75) is 13.0 Å². The van der Waals surface area contributed by atoms with Gasteiger partial charge in [-0.15, -0.1) is 5.10 Å². The van der Waals surface area contributed by atoms with Gasteiger partial charge in [-0.25, -0.2) is 0 Å². The Bertz CT molecular complexity index is 545. The maximum Gasteiger partial charge on any atom is 0.173 e. The monoisotopic (exact) mass is 305 g/mol. The zero-order chi connectivity index (χ0) is 13.3. The molecule has 1 aromatic carbocycles. The fraction of sp³-hybridized carbons (Fsp3) is 0.300. The van der Waals surface area contributed by atoms with Crippen molar-refractivity contribution in [1.82, 2.24) is 25.5 Å². The molecule has 8 heteroatoms. The first-order chi connectivity index (χ1) is 8.54. The van der Waals surface area contributed by atoms with Gasteiger partial charge in [-0.1, -0.05) is 34.8 Å². The molecule has 5 nitrogen and oxygen atoms in total. The average Bonchev–Trinajstić information content (AvgIpc) is 2.75. The molecule has 96 valence electrons. The summed E-state index contributed by atoms with van der Waals surface area (Å²) in [6, 6.07) is 3.16. The minimum Gasteiger partial charge on any atom is -0.311 e. The van der Waals surface area contributed by atoms with Crippen LogP contribution in [0.4, 0.5) is 0 Å². The first-order valence-electron chi connectivity index (χ1n) is 5.15. The molecule has 1 unspecified atom stereocenters. The number of benzene rings is 1. The second-order valence-corrected chi connectivity index (χ2v) is 4.93. The predicted molar refractivity (Wildman–Crippen MR) is 71.7 cm³/mol. The van der Waals surface area contributed by atoms with E-state index in [-0.39, 0.29) is 6.04 Å². The van der Waals surface area contributed by atoms with Gasteiger partial charge in [-0.3, -0.25) is 0 Å². The van der Waals surface area contributed by atoms with Crippen LogP contribution in [0.3, 0.4) is 0 Å². The van der Waals surface area contributed by atoms with E-state index in [0.29, 0.717) is 26.6 Å². The molecule has 0 radical (unpaired) electrons. The molecular weight excluding hydrogens is 297 g/mol. The summed E-state index contributed by atoms with van der Waals surface area (Å²) in [6.07, 6.45) is 0. The number of aromatic nitrogens is 4. The highest BCUT2D eigenvalue weighted by molar-refractivity contribution is 6.40. The summed E-state index contributed by atoms with van der Waals surface area (Å²) in [5.41, 5.74) is 0.518. The molecule has 0 bridgehead atoms. The molecular formula is C10H10Cl3N5. The van der Waals surface area contributed by atoms with Crippen LogP contribution in [-0.4, -0.2) is 27.3 Å². The highest BCUT2D eigenvalue weighted by Gasteiger charge is 2.19. The van der Waals surface area contributed by atoms with Crippen molar-refractivity contribution >= 4 is 34.8 Å². The number of hydrogen-bond acceptors (Lipinski definition) is 4. The van der Waals surface area contributed by atoms with Gasteiger partial charge >= 0.3 is 0 Å². The average molecular weight is 307 g/mol. The smallest absolute Gasteiger partial charge is 0.173 e. The van der Waals surface area contributed by atoms with Crippen LogP contribution in [0.2, 0.25) is 15.1 Å². The lowest BCUT2D eigenvalue weighted by Gasteiger charge is -2.12. The minimum absolute atomic E-state index is 0.0391. The number of hydrogen-bond donors (Lipinski definition) is 1. The molecule has 0 saturated carbocycles. The Kier molecular flexibility index (Phi) is 4.07. The van der Waals surface area contributed by atoms with E-state index < -0.39 is 0 Å². The van der Waals surface area contributed by atoms with Gasteiger partial charge < -0.3 is 5.32 Å². The normalized spacial score (nSPS) is 12.7. The molecule has 0 aliphatic heterocycles. The summed E-state index contributed by atoms with van der Waals surface area (Å²) >= 11 is 18.2. The Morgan fingerprint density at radius 2 is 1.83 bits per heavy atom. The van der Waals surface area contributed by atoms with Crippen molar-refractivity contribution in [1.29, 1.82) is 0 Å². The highest BCUT2D eigenvalue weighted by Crippen LogP contribution is 2.32. The van der Waals surface area contributed by atoms with Gasteiger partial charge in [0.1, 0.15) is 5.69 Å². The zero-order valence-electron chi connectivity index (χ0n) is 9.65. The Morgan fingerprint density at radius 3 is 2.39 bits per heavy atom. The summed E-state index contributed by atoms with van der Waals surface area (Å²) in [7, 11) is 1.81. The molecule has 0 spiro atoms. The molecule has 0 fully saturated rings. The van der Waals surface area contributed by atoms with Crippen LogP contribution in [-0.2, 0) is 0 Å². The van der Waals surface area contributed by atoms with Gasteiger partial charge in [0, 0.05) is 5.02 Å². The second-order valence-electron chi connectivity index (χ2n) is 3.68. The van der Waals surface area contributed by atoms with Crippen molar-refractivity contribution in [3.05, 3.63) is 33.0 Å². The van der Waals surface area contributed by atoms with Crippen LogP contribution in [0.25, 0.3) is 5.69 Å². The van der Waals surface area contributed by atoms with Crippen LogP contribution < -0.4 is 5.32 Å². The lowest BCUT2D eigenvalue weighted by Crippen LogP contribution is -2.18. The maximum atomic E-state index is 6.14. The van der Waals surface area contributed by atoms with Crippen LogP contribution in [0.15, 0.2) is 12.1 Å². The van der Waals surface area contributed by atoms with Crippen LogP contribution >= 0.6 is 34.8 Å². The fourth-order valence-corrected chi connectivity index (χ4v) is 2.47. The van der Waals surface area contributed by atoms with Gasteiger partial charge in [0.2, 0.25) is 0 Å². The number of rotatable bonds is 3. The molecule has 0 amide bonds. The van der Waals surface area contributed by atoms with Gasteiger partial charge in [0.05, 0.1) is 16.1 Å². The zero-order valence-corrected chi connectivity index (χ0v) is 11.9. The van der Waals surface area contributed by atoms with E-state index in [2.05, 4.69) is 20.8 Å². The quantitative estimate of drug-likeness (QED) is 0.947. The van der Waals surface area contributed by atoms with E-state index in [9.17, 15) is 0 Å². The van der Waals surface area contributed by atoms with Crippen molar-refractivity contribution < 1.29 is 0 Å². The number of tetrazole rings is 1. The first-order valence-corrected chi connectivity index (χ1v) is 6.28. The third-order valence-electron chi connectivity index (χ3n) is 2.51. The predicted octanol–water partition coefficient (Wildman–Crippen LogP) is 2.90. The highest BCUT2D eigenvalue weighted by atomic mass is 35.5. The van der Waals surface area contributed by atoms with Gasteiger partial charge in [-0.05, 0) is 36.5 Å². The van der Waals surface area contributed by atoms with Crippen molar-refractivity contribution in [3.63, 3.8) is 0 Å². The summed E-state index contributed by atoms with van der Waals surface area (Å²) in [5, 5.41) is 15.8. The molecule has 0 aliphatic rings. The van der Waals surface area contributed by atoms with E-state index in [0.717, 1.165) is 0 Å². The molecule has 1 N–H and O–H groups in total. The van der Waals surface area contributed by atoms with Gasteiger partial charge in [0.25, 0.3) is 0 Å². The van der Waals surface area contributed by atoms with Crippen molar-refractivity contribution in [3.8, 4) is 5.69 Å². The molecule has 0 aliphatic carbocycles. The van der Waals surface area contributed by atoms with E-state index in [1.165, 1.54) is 4.68 Å². The summed E-state index contributed by atoms with van der Waals surface area (Å²) in [4.78, 5) is 0. The number of nitrogens with zero attached hydrogens (tertiary/aromatic N) is 4. The lowest BCUT2D eigenvalue weighted by atomic mass is 10.3. The fourth-order valence-electron chi connectivity index (χ4n) is 1.49. The lowest BCUT2D eigenvalue weighted by molar-refractivity contribution is 0.589. The molecule has 1 atom stereocenters. The Morgan fingerprint density at radius 1 is 1.22 bits per heavy atom. The molecule has 2 aromatic rings. The van der Waals surface area contributed by atoms with Crippen molar-refractivity contribution in [2.24, 2.45) is 0 Å². The van der Waals surface area contributed by atoms with E-state index in [1.807, 2.05) is 14.0 Å². The first kappa shape index (κ1) is 13.5. The van der Waals surface area contributed by atoms with Crippen LogP contribution in [0.5, 0.6) is 0 Å². The maximum absolute atomic E-state index is 6.14. The summed E-state index contributed by atoms with van der Waals surface area (Å²) < 4.78 is 1.50. The van der Waals surface area contributed by atoms with E-state index >= 15 is 0 Å². The second kappa shape index (κ2) is 5.40. The van der Waals surface area contributed by atoms with Crippen LogP contribution in [0.1, 0.15) is 18.8 Å². The standard InChI is InChI=1S/C10H10Cl3N5/c1-5(14-2)10-15-16-17-18(10)9-7(12)3-6(11)4-8(9)13/h3-5,14H,1-2H3. The third kappa shape index (κ3) is 2.44. The Labute approximate surface area is 119 Å². The molecule has 1 aromatic heterocycles. The van der Waals surface area contributed by atoms with Gasteiger partial charge in [-0.2, -0.15) is 4.68 Å². The molecule has 18 heavy (non-hydrogen) atoms. The molecule has 0 saturated heterocycles. The van der Waals surface area contributed by atoms with E-state index in [4.69, 9.17) is 34.8 Å². The third-order valence-corrected chi connectivity index (χ3v) is 3.30. The number of nitrogens with one attached hydrogen (secondary N) is 1. The largest absolute Gasteiger partial charge is 0.311 e. The van der Waals surface area contributed by atoms with E-state index in [1.54, 1.807) is 12.1 Å². The molecule has 1 heterocycles. The summed E-state index contributed by atoms with van der Waals surface area (Å²) in [5.74, 6) is 0.614. The Balaban J connectivity index is 2.59. The van der Waals surface area contributed by atoms with Crippen LogP contribution in [0, 0.1) is 0 Å². The molecule has 2 rings (SSSR count). The number of halogens is 3. The summed E-state index contributed by atoms with van der Waals surface area (Å²) in [6.45, 7) is 1.93. The SMILES string of the molecule is CNC(C)c1nnnn1-c1c(Cl)cc(Cl)cc1Cl. The van der Waals surface area contributed by atoms with Crippen molar-refractivity contribution in [2.75, 3.05) is 7.05 Å². The minimum atomic E-state index is -0.0391. The topological polar surface area (TPSA) is 55.6 Å². The van der Waals surface area contributed by atoms with Gasteiger partial charge in [0.15, 0.2) is 5.82 Å².